The highest BCUT2D eigenvalue weighted by Crippen LogP contribution is 2.18. The fourth-order valence-electron chi connectivity index (χ4n) is 2.78. The fraction of sp³-hybridized carbons (Fsp3) is 0.130. The molecule has 148 valence electrons. The zero-order valence-corrected chi connectivity index (χ0v) is 15.9. The minimum Gasteiger partial charge on any atom is -0.497 e. The maximum absolute atomic E-state index is 12.9. The second kappa shape index (κ2) is 9.50. The molecule has 0 unspecified atom stereocenters. The number of methoxy groups -OCH3 is 1. The zero-order chi connectivity index (χ0) is 20.6. The first kappa shape index (κ1) is 20.1. The molecule has 0 heterocycles. The first-order chi connectivity index (χ1) is 14.0. The number of amides is 2. The van der Waals surface area contributed by atoms with Crippen molar-refractivity contribution in [2.24, 2.45) is 0 Å². The number of benzene rings is 3. The SMILES string of the molecule is COc1cccc(NC(=O)c2cccc(C(=O)NCCc3ccc(F)cc3)c2)c1. The van der Waals surface area contributed by atoms with Gasteiger partial charge < -0.3 is 15.4 Å². The van der Waals surface area contributed by atoms with E-state index in [2.05, 4.69) is 10.6 Å². The molecule has 0 aliphatic carbocycles. The fourth-order valence-corrected chi connectivity index (χ4v) is 2.78. The van der Waals surface area contributed by atoms with E-state index in [1.165, 1.54) is 12.1 Å². The van der Waals surface area contributed by atoms with Crippen molar-refractivity contribution in [1.82, 2.24) is 5.32 Å². The summed E-state index contributed by atoms with van der Waals surface area (Å²) >= 11 is 0. The van der Waals surface area contributed by atoms with Gasteiger partial charge in [-0.05, 0) is 54.4 Å². The minimum absolute atomic E-state index is 0.275. The van der Waals surface area contributed by atoms with E-state index in [-0.39, 0.29) is 17.6 Å². The number of hydrogen-bond donors (Lipinski definition) is 2. The lowest BCUT2D eigenvalue weighted by Gasteiger charge is -2.09. The Kier molecular flexibility index (Phi) is 6.58. The van der Waals surface area contributed by atoms with Crippen molar-refractivity contribution >= 4 is 17.5 Å². The monoisotopic (exact) mass is 392 g/mol. The molecule has 5 nitrogen and oxygen atoms in total. The average Bonchev–Trinajstić information content (AvgIpc) is 2.75. The molecule has 0 spiro atoms. The van der Waals surface area contributed by atoms with Crippen molar-refractivity contribution < 1.29 is 18.7 Å². The van der Waals surface area contributed by atoms with Crippen LogP contribution >= 0.6 is 0 Å². The Morgan fingerprint density at radius 3 is 2.31 bits per heavy atom. The van der Waals surface area contributed by atoms with Crippen LogP contribution in [0.1, 0.15) is 26.3 Å². The standard InChI is InChI=1S/C23H21FN2O3/c1-29-21-7-3-6-20(15-21)26-23(28)18-5-2-4-17(14-18)22(27)25-13-12-16-8-10-19(24)11-9-16/h2-11,14-15H,12-13H2,1H3,(H,25,27)(H,26,28). The third kappa shape index (κ3) is 5.65. The summed E-state index contributed by atoms with van der Waals surface area (Å²) < 4.78 is 18.1. The lowest BCUT2D eigenvalue weighted by atomic mass is 10.1. The first-order valence-corrected chi connectivity index (χ1v) is 9.13. The van der Waals surface area contributed by atoms with Crippen molar-refractivity contribution in [1.29, 1.82) is 0 Å². The van der Waals surface area contributed by atoms with Gasteiger partial charge in [0, 0.05) is 29.4 Å². The van der Waals surface area contributed by atoms with Gasteiger partial charge in [-0.25, -0.2) is 4.39 Å². The molecule has 0 aliphatic rings. The Labute approximate surface area is 168 Å². The Morgan fingerprint density at radius 1 is 0.897 bits per heavy atom. The van der Waals surface area contributed by atoms with Gasteiger partial charge in [0.05, 0.1) is 7.11 Å². The number of anilines is 1. The maximum Gasteiger partial charge on any atom is 0.255 e. The molecule has 3 aromatic rings. The van der Waals surface area contributed by atoms with Crippen LogP contribution in [0.15, 0.2) is 72.8 Å². The molecular weight excluding hydrogens is 371 g/mol. The minimum atomic E-state index is -0.320. The summed E-state index contributed by atoms with van der Waals surface area (Å²) in [4.78, 5) is 24.9. The number of halogens is 1. The van der Waals surface area contributed by atoms with Crippen molar-refractivity contribution in [3.8, 4) is 5.75 Å². The van der Waals surface area contributed by atoms with Crippen LogP contribution in [0, 0.1) is 5.82 Å². The van der Waals surface area contributed by atoms with E-state index in [0.717, 1.165) is 5.56 Å². The number of ether oxygens (including phenoxy) is 1. The average molecular weight is 392 g/mol. The van der Waals surface area contributed by atoms with Crippen LogP contribution < -0.4 is 15.4 Å². The molecule has 2 amide bonds. The van der Waals surface area contributed by atoms with E-state index in [1.807, 2.05) is 0 Å². The van der Waals surface area contributed by atoms with Gasteiger partial charge in [-0.2, -0.15) is 0 Å². The van der Waals surface area contributed by atoms with E-state index in [4.69, 9.17) is 4.74 Å². The van der Waals surface area contributed by atoms with Crippen LogP contribution in [0.4, 0.5) is 10.1 Å². The van der Waals surface area contributed by atoms with Crippen LogP contribution in [0.5, 0.6) is 5.75 Å². The van der Waals surface area contributed by atoms with Gasteiger partial charge >= 0.3 is 0 Å². The van der Waals surface area contributed by atoms with Gasteiger partial charge in [0.15, 0.2) is 0 Å². The number of carbonyl (C=O) groups excluding carboxylic acids is 2. The van der Waals surface area contributed by atoms with Crippen molar-refractivity contribution in [2.75, 3.05) is 19.0 Å². The molecular formula is C23H21FN2O3. The molecule has 0 fully saturated rings. The molecule has 0 saturated heterocycles. The van der Waals surface area contributed by atoms with Gasteiger partial charge in [0.2, 0.25) is 0 Å². The van der Waals surface area contributed by atoms with Gasteiger partial charge in [-0.15, -0.1) is 0 Å². The smallest absolute Gasteiger partial charge is 0.255 e. The lowest BCUT2D eigenvalue weighted by Crippen LogP contribution is -2.26. The summed E-state index contributed by atoms with van der Waals surface area (Å²) in [5.41, 5.74) is 2.29. The number of nitrogens with one attached hydrogen (secondary N) is 2. The molecule has 0 bridgehead atoms. The van der Waals surface area contributed by atoms with E-state index in [1.54, 1.807) is 67.8 Å². The quantitative estimate of drug-likeness (QED) is 0.637. The Balaban J connectivity index is 1.59. The van der Waals surface area contributed by atoms with E-state index < -0.39 is 0 Å². The highest BCUT2D eigenvalue weighted by atomic mass is 19.1. The van der Waals surface area contributed by atoms with Crippen LogP contribution in [-0.4, -0.2) is 25.5 Å². The predicted molar refractivity (Wildman–Crippen MR) is 110 cm³/mol. The van der Waals surface area contributed by atoms with Crippen LogP contribution in [-0.2, 0) is 6.42 Å². The largest absolute Gasteiger partial charge is 0.497 e. The lowest BCUT2D eigenvalue weighted by molar-refractivity contribution is 0.0954. The summed E-state index contributed by atoms with van der Waals surface area (Å²) in [5, 5.41) is 5.60. The highest BCUT2D eigenvalue weighted by molar-refractivity contribution is 6.06. The van der Waals surface area contributed by atoms with Crippen LogP contribution in [0.25, 0.3) is 0 Å². The molecule has 0 aliphatic heterocycles. The summed E-state index contributed by atoms with van der Waals surface area (Å²) in [6.07, 6.45) is 0.585. The number of rotatable bonds is 7. The molecule has 2 N–H and O–H groups in total. The summed E-state index contributed by atoms with van der Waals surface area (Å²) in [6.45, 7) is 0.407. The molecule has 29 heavy (non-hydrogen) atoms. The molecule has 3 rings (SSSR count). The number of hydrogen-bond acceptors (Lipinski definition) is 3. The van der Waals surface area contributed by atoms with Crippen LogP contribution in [0.3, 0.4) is 0 Å². The number of carbonyl (C=O) groups is 2. The molecule has 6 heteroatoms. The van der Waals surface area contributed by atoms with Crippen molar-refractivity contribution in [2.45, 2.75) is 6.42 Å². The second-order valence-electron chi connectivity index (χ2n) is 6.40. The normalized spacial score (nSPS) is 10.3. The highest BCUT2D eigenvalue weighted by Gasteiger charge is 2.11. The van der Waals surface area contributed by atoms with Crippen molar-refractivity contribution in [3.05, 3.63) is 95.3 Å². The summed E-state index contributed by atoms with van der Waals surface area (Å²) in [6, 6.07) is 19.7. The molecule has 3 aromatic carbocycles. The summed E-state index contributed by atoms with van der Waals surface area (Å²) in [7, 11) is 1.55. The van der Waals surface area contributed by atoms with Gasteiger partial charge in [0.1, 0.15) is 11.6 Å². The molecule has 0 aromatic heterocycles. The van der Waals surface area contributed by atoms with Gasteiger partial charge in [-0.1, -0.05) is 24.3 Å². The van der Waals surface area contributed by atoms with E-state index >= 15 is 0 Å². The second-order valence-corrected chi connectivity index (χ2v) is 6.40. The topological polar surface area (TPSA) is 67.4 Å². The van der Waals surface area contributed by atoms with E-state index in [9.17, 15) is 14.0 Å². The van der Waals surface area contributed by atoms with Gasteiger partial charge in [-0.3, -0.25) is 9.59 Å². The van der Waals surface area contributed by atoms with Crippen LogP contribution in [0.2, 0.25) is 0 Å². The van der Waals surface area contributed by atoms with E-state index in [0.29, 0.717) is 35.5 Å². The third-order valence-electron chi connectivity index (χ3n) is 4.33. The summed E-state index contributed by atoms with van der Waals surface area (Å²) in [5.74, 6) is -0.249. The van der Waals surface area contributed by atoms with Gasteiger partial charge in [0.25, 0.3) is 11.8 Å². The predicted octanol–water partition coefficient (Wildman–Crippen LogP) is 4.06. The maximum atomic E-state index is 12.9. The first-order valence-electron chi connectivity index (χ1n) is 9.13. The Morgan fingerprint density at radius 2 is 1.59 bits per heavy atom. The molecule has 0 saturated carbocycles. The Hall–Kier alpha value is -3.67. The Bertz CT molecular complexity index is 1000. The molecule has 0 atom stereocenters. The molecule has 0 radical (unpaired) electrons. The third-order valence-corrected chi connectivity index (χ3v) is 4.33. The zero-order valence-electron chi connectivity index (χ0n) is 15.9. The van der Waals surface area contributed by atoms with Crippen molar-refractivity contribution in [3.63, 3.8) is 0 Å².